The summed E-state index contributed by atoms with van der Waals surface area (Å²) in [7, 11) is 0. The fourth-order valence-corrected chi connectivity index (χ4v) is 1.50. The smallest absolute Gasteiger partial charge is 0.373 e. The fourth-order valence-electron chi connectivity index (χ4n) is 1.50. The zero-order valence-corrected chi connectivity index (χ0v) is 11.8. The van der Waals surface area contributed by atoms with E-state index in [2.05, 4.69) is 6.92 Å². The third-order valence-corrected chi connectivity index (χ3v) is 2.84. The minimum atomic E-state index is -0.494. The Bertz CT molecular complexity index is 401. The molecular formula is C15H21O4. The first-order chi connectivity index (χ1) is 9.16. The third kappa shape index (κ3) is 5.41. The summed E-state index contributed by atoms with van der Waals surface area (Å²) in [5, 5.41) is 0. The number of rotatable bonds is 8. The van der Waals surface area contributed by atoms with Crippen LogP contribution in [-0.4, -0.2) is 19.2 Å². The van der Waals surface area contributed by atoms with Gasteiger partial charge in [-0.1, -0.05) is 25.5 Å². The molecule has 0 aliphatic carbocycles. The van der Waals surface area contributed by atoms with Crippen molar-refractivity contribution in [3.63, 3.8) is 0 Å². The van der Waals surface area contributed by atoms with Crippen LogP contribution in [0.1, 0.15) is 41.3 Å². The van der Waals surface area contributed by atoms with E-state index < -0.39 is 5.97 Å². The molecule has 0 amide bonds. The Kier molecular flexibility index (Phi) is 7.15. The summed E-state index contributed by atoms with van der Waals surface area (Å²) >= 11 is 0. The summed E-state index contributed by atoms with van der Waals surface area (Å²) in [6, 6.07) is 5.48. The molecule has 0 aliphatic rings. The van der Waals surface area contributed by atoms with Crippen molar-refractivity contribution in [2.24, 2.45) is 0 Å². The third-order valence-electron chi connectivity index (χ3n) is 2.84. The zero-order chi connectivity index (χ0) is 14.1. The van der Waals surface area contributed by atoms with Crippen molar-refractivity contribution >= 4 is 5.97 Å². The van der Waals surface area contributed by atoms with Crippen LogP contribution in [0.2, 0.25) is 0 Å². The molecule has 4 heteroatoms. The molecule has 0 aromatic heterocycles. The molecule has 0 aliphatic heterocycles. The van der Waals surface area contributed by atoms with E-state index in [1.54, 1.807) is 6.07 Å². The van der Waals surface area contributed by atoms with Gasteiger partial charge in [0.15, 0.2) is 6.61 Å². The maximum atomic E-state index is 11.7. The maximum Gasteiger partial charge on any atom is 0.373 e. The van der Waals surface area contributed by atoms with Gasteiger partial charge in [-0.2, -0.15) is 4.89 Å². The van der Waals surface area contributed by atoms with Crippen LogP contribution in [0.25, 0.3) is 0 Å². The van der Waals surface area contributed by atoms with E-state index in [0.717, 1.165) is 24.0 Å². The summed E-state index contributed by atoms with van der Waals surface area (Å²) in [5.74, 6) is -0.494. The molecule has 0 fully saturated rings. The largest absolute Gasteiger partial charge is 0.378 e. The Morgan fingerprint density at radius 3 is 2.84 bits per heavy atom. The lowest BCUT2D eigenvalue weighted by molar-refractivity contribution is -0.218. The highest BCUT2D eigenvalue weighted by molar-refractivity contribution is 5.90. The Hall–Kier alpha value is -1.39. The highest BCUT2D eigenvalue weighted by atomic mass is 17.2. The molecule has 1 radical (unpaired) electrons. The number of benzene rings is 1. The number of unbranched alkanes of at least 4 members (excludes halogenated alkanes) is 1. The summed E-state index contributed by atoms with van der Waals surface area (Å²) in [5.41, 5.74) is 2.46. The number of ether oxygens (including phenoxy) is 1. The first-order valence-corrected chi connectivity index (χ1v) is 6.50. The summed E-state index contributed by atoms with van der Waals surface area (Å²) in [6.07, 6.45) is 2.10. The molecule has 0 saturated carbocycles. The van der Waals surface area contributed by atoms with Gasteiger partial charge in [0.2, 0.25) is 0 Å². The van der Waals surface area contributed by atoms with Crippen molar-refractivity contribution in [1.82, 2.24) is 0 Å². The predicted molar refractivity (Wildman–Crippen MR) is 72.4 cm³/mol. The van der Waals surface area contributed by atoms with Crippen LogP contribution >= 0.6 is 0 Å². The lowest BCUT2D eigenvalue weighted by atomic mass is 10.0. The quantitative estimate of drug-likeness (QED) is 0.410. The highest BCUT2D eigenvalue weighted by Crippen LogP contribution is 2.13. The van der Waals surface area contributed by atoms with E-state index in [9.17, 15) is 4.79 Å². The fraction of sp³-hybridized carbons (Fsp3) is 0.467. The van der Waals surface area contributed by atoms with Crippen LogP contribution in [0.4, 0.5) is 0 Å². The summed E-state index contributed by atoms with van der Waals surface area (Å²) in [6.45, 7) is 8.24. The van der Waals surface area contributed by atoms with E-state index in [0.29, 0.717) is 18.8 Å². The van der Waals surface area contributed by atoms with Gasteiger partial charge in [0.05, 0.1) is 12.2 Å². The first kappa shape index (κ1) is 15.7. The van der Waals surface area contributed by atoms with Gasteiger partial charge in [-0.3, -0.25) is 4.89 Å². The van der Waals surface area contributed by atoms with Crippen LogP contribution < -0.4 is 0 Å². The summed E-state index contributed by atoms with van der Waals surface area (Å²) < 4.78 is 5.23. The lowest BCUT2D eigenvalue weighted by Gasteiger charge is -2.07. The minimum absolute atomic E-state index is 0.306. The Labute approximate surface area is 114 Å². The van der Waals surface area contributed by atoms with Crippen molar-refractivity contribution in [3.8, 4) is 0 Å². The van der Waals surface area contributed by atoms with E-state index in [1.165, 1.54) is 6.61 Å². The topological polar surface area (TPSA) is 44.8 Å². The molecule has 1 rings (SSSR count). The van der Waals surface area contributed by atoms with Crippen molar-refractivity contribution in [2.45, 2.75) is 33.6 Å². The molecule has 0 spiro atoms. The van der Waals surface area contributed by atoms with Gasteiger partial charge >= 0.3 is 5.97 Å². The van der Waals surface area contributed by atoms with E-state index in [1.807, 2.05) is 26.0 Å². The van der Waals surface area contributed by atoms with Crippen LogP contribution in [0.5, 0.6) is 0 Å². The monoisotopic (exact) mass is 265 g/mol. The molecule has 19 heavy (non-hydrogen) atoms. The molecule has 0 N–H and O–H groups in total. The molecule has 1 aromatic rings. The van der Waals surface area contributed by atoms with Gasteiger partial charge in [0.25, 0.3) is 0 Å². The second-order valence-corrected chi connectivity index (χ2v) is 4.31. The predicted octanol–water partition coefficient (Wildman–Crippen LogP) is 3.37. The van der Waals surface area contributed by atoms with Crippen molar-refractivity contribution in [1.29, 1.82) is 0 Å². The molecule has 105 valence electrons. The van der Waals surface area contributed by atoms with Gasteiger partial charge in [-0.05, 0) is 37.5 Å². The van der Waals surface area contributed by atoms with Gasteiger partial charge < -0.3 is 4.74 Å². The second kappa shape index (κ2) is 8.67. The van der Waals surface area contributed by atoms with E-state index >= 15 is 0 Å². The molecule has 0 unspecified atom stereocenters. The normalized spacial score (nSPS) is 10.5. The Balaban J connectivity index is 2.26. The average Bonchev–Trinajstić information content (AvgIpc) is 2.40. The average molecular weight is 265 g/mol. The van der Waals surface area contributed by atoms with Crippen LogP contribution in [0, 0.1) is 20.5 Å². The van der Waals surface area contributed by atoms with Crippen molar-refractivity contribution in [2.75, 3.05) is 13.2 Å². The maximum absolute atomic E-state index is 11.7. The van der Waals surface area contributed by atoms with Gasteiger partial charge in [-0.25, -0.2) is 4.79 Å². The molecule has 0 atom stereocenters. The first-order valence-electron chi connectivity index (χ1n) is 6.50. The van der Waals surface area contributed by atoms with Crippen molar-refractivity contribution < 1.29 is 19.3 Å². The van der Waals surface area contributed by atoms with Crippen LogP contribution in [0.3, 0.4) is 0 Å². The zero-order valence-electron chi connectivity index (χ0n) is 11.8. The molecule has 4 nitrogen and oxygen atoms in total. The van der Waals surface area contributed by atoms with Gasteiger partial charge in [0.1, 0.15) is 0 Å². The van der Waals surface area contributed by atoms with Gasteiger partial charge in [-0.15, -0.1) is 0 Å². The highest BCUT2D eigenvalue weighted by Gasteiger charge is 2.12. The molecular weight excluding hydrogens is 244 g/mol. The second-order valence-electron chi connectivity index (χ2n) is 4.31. The van der Waals surface area contributed by atoms with Gasteiger partial charge in [0, 0.05) is 6.61 Å². The minimum Gasteiger partial charge on any atom is -0.378 e. The lowest BCUT2D eigenvalue weighted by Crippen LogP contribution is -2.09. The number of hydrogen-bond donors (Lipinski definition) is 0. The number of carbonyl (C=O) groups excluding carboxylic acids is 1. The molecule has 0 saturated heterocycles. The SMILES string of the molecule is CCCCOC[CH]OOC(=O)c1cccc(C)c1C. The molecule has 1 aromatic carbocycles. The van der Waals surface area contributed by atoms with Crippen LogP contribution in [-0.2, 0) is 14.5 Å². The summed E-state index contributed by atoms with van der Waals surface area (Å²) in [4.78, 5) is 21.2. The van der Waals surface area contributed by atoms with Crippen LogP contribution in [0.15, 0.2) is 18.2 Å². The Morgan fingerprint density at radius 2 is 2.11 bits per heavy atom. The number of carbonyl (C=O) groups is 1. The molecule has 0 bridgehead atoms. The Morgan fingerprint density at radius 1 is 1.32 bits per heavy atom. The number of hydrogen-bond acceptors (Lipinski definition) is 4. The van der Waals surface area contributed by atoms with E-state index in [-0.39, 0.29) is 0 Å². The standard InChI is InChI=1S/C15H21O4/c1-4-5-9-17-10-11-18-19-15(16)14-8-6-7-12(2)13(14)3/h6-8,11H,4-5,9-10H2,1-3H3. The molecule has 0 heterocycles. The number of aryl methyl sites for hydroxylation is 1. The van der Waals surface area contributed by atoms with E-state index in [4.69, 9.17) is 14.5 Å². The van der Waals surface area contributed by atoms with Crippen molar-refractivity contribution in [3.05, 3.63) is 41.5 Å².